The molecule has 0 saturated heterocycles. The number of benzene rings is 2. The van der Waals surface area contributed by atoms with Gasteiger partial charge in [-0.15, -0.1) is 0 Å². The van der Waals surface area contributed by atoms with Crippen LogP contribution in [0.5, 0.6) is 0 Å². The average Bonchev–Trinajstić information content (AvgIpc) is 2.57. The third-order valence-corrected chi connectivity index (χ3v) is 3.12. The van der Waals surface area contributed by atoms with Crippen LogP contribution in [-0.2, 0) is 9.59 Å². The van der Waals surface area contributed by atoms with E-state index < -0.39 is 23.4 Å². The van der Waals surface area contributed by atoms with Crippen LogP contribution in [0.4, 0.5) is 20.2 Å². The van der Waals surface area contributed by atoms with Crippen molar-refractivity contribution in [3.05, 3.63) is 65.2 Å². The Labute approximate surface area is 142 Å². The number of nitrogens with zero attached hydrogens (tertiary/aromatic N) is 1. The lowest BCUT2D eigenvalue weighted by Gasteiger charge is -2.09. The highest BCUT2D eigenvalue weighted by Gasteiger charge is 2.12. The van der Waals surface area contributed by atoms with E-state index in [1.807, 2.05) is 6.07 Å². The van der Waals surface area contributed by atoms with Gasteiger partial charge in [-0.2, -0.15) is 5.26 Å². The molecule has 0 heterocycles. The Morgan fingerprint density at radius 1 is 1.08 bits per heavy atom. The Morgan fingerprint density at radius 3 is 2.36 bits per heavy atom. The Kier molecular flexibility index (Phi) is 5.58. The minimum Gasteiger partial charge on any atom is -0.324 e. The number of nitrogens with one attached hydrogen (secondary N) is 2. The Hall–Kier alpha value is -3.53. The second-order valence-electron chi connectivity index (χ2n) is 5.01. The predicted molar refractivity (Wildman–Crippen MR) is 89.5 cm³/mol. The molecule has 0 aliphatic rings. The summed E-state index contributed by atoms with van der Waals surface area (Å²) in [6.07, 6.45) is 2.53. The normalized spacial score (nSPS) is 10.3. The lowest BCUT2D eigenvalue weighted by atomic mass is 10.1. The Balaban J connectivity index is 2.19. The predicted octanol–water partition coefficient (Wildman–Crippen LogP) is 3.45. The fourth-order valence-corrected chi connectivity index (χ4v) is 2.01. The fraction of sp³-hybridized carbons (Fsp3) is 0.0556. The summed E-state index contributed by atoms with van der Waals surface area (Å²) in [4.78, 5) is 22.9. The SMILES string of the molecule is CC(=O)Nc1cc(NC(=O)/C=C/c2ccccc2C#N)c(F)cc1F. The number of carbonyl (C=O) groups is 2. The minimum atomic E-state index is -0.981. The van der Waals surface area contributed by atoms with Gasteiger partial charge < -0.3 is 10.6 Å². The van der Waals surface area contributed by atoms with Gasteiger partial charge >= 0.3 is 0 Å². The Morgan fingerprint density at radius 2 is 1.72 bits per heavy atom. The van der Waals surface area contributed by atoms with Gasteiger partial charge in [-0.25, -0.2) is 8.78 Å². The van der Waals surface area contributed by atoms with Crippen molar-refractivity contribution in [1.82, 2.24) is 0 Å². The third kappa shape index (κ3) is 4.72. The molecule has 0 atom stereocenters. The number of halogens is 2. The van der Waals surface area contributed by atoms with Crippen LogP contribution in [0.15, 0.2) is 42.5 Å². The van der Waals surface area contributed by atoms with E-state index in [1.165, 1.54) is 13.0 Å². The first-order chi connectivity index (χ1) is 11.9. The highest BCUT2D eigenvalue weighted by molar-refractivity contribution is 6.02. The van der Waals surface area contributed by atoms with Crippen molar-refractivity contribution in [2.75, 3.05) is 10.6 Å². The average molecular weight is 341 g/mol. The molecular weight excluding hydrogens is 328 g/mol. The quantitative estimate of drug-likeness (QED) is 0.836. The summed E-state index contributed by atoms with van der Waals surface area (Å²) in [7, 11) is 0. The second kappa shape index (κ2) is 7.84. The van der Waals surface area contributed by atoms with Gasteiger partial charge in [0.05, 0.1) is 23.0 Å². The van der Waals surface area contributed by atoms with Crippen LogP contribution < -0.4 is 10.6 Å². The van der Waals surface area contributed by atoms with Gasteiger partial charge in [0.15, 0.2) is 0 Å². The Bertz CT molecular complexity index is 902. The monoisotopic (exact) mass is 341 g/mol. The van der Waals surface area contributed by atoms with E-state index in [1.54, 1.807) is 24.3 Å². The lowest BCUT2D eigenvalue weighted by molar-refractivity contribution is -0.114. The van der Waals surface area contributed by atoms with Crippen LogP contribution in [0.25, 0.3) is 6.08 Å². The number of anilines is 2. The molecule has 0 radical (unpaired) electrons. The number of hydrogen-bond acceptors (Lipinski definition) is 3. The van der Waals surface area contributed by atoms with Crippen molar-refractivity contribution in [3.63, 3.8) is 0 Å². The van der Waals surface area contributed by atoms with Gasteiger partial charge in [0.2, 0.25) is 11.8 Å². The zero-order chi connectivity index (χ0) is 18.4. The van der Waals surface area contributed by atoms with E-state index in [0.29, 0.717) is 17.2 Å². The molecule has 0 spiro atoms. The number of amides is 2. The van der Waals surface area contributed by atoms with Gasteiger partial charge in [0.25, 0.3) is 0 Å². The van der Waals surface area contributed by atoms with Gasteiger partial charge in [-0.05, 0) is 23.8 Å². The highest BCUT2D eigenvalue weighted by atomic mass is 19.1. The third-order valence-electron chi connectivity index (χ3n) is 3.12. The molecule has 2 N–H and O–H groups in total. The molecule has 5 nitrogen and oxygen atoms in total. The van der Waals surface area contributed by atoms with E-state index in [4.69, 9.17) is 5.26 Å². The van der Waals surface area contributed by atoms with Crippen molar-refractivity contribution < 1.29 is 18.4 Å². The lowest BCUT2D eigenvalue weighted by Crippen LogP contribution is -2.12. The van der Waals surface area contributed by atoms with Gasteiger partial charge in [-0.3, -0.25) is 9.59 Å². The first-order valence-electron chi connectivity index (χ1n) is 7.15. The van der Waals surface area contributed by atoms with Gasteiger partial charge in [-0.1, -0.05) is 18.2 Å². The molecule has 2 aromatic carbocycles. The molecule has 0 aliphatic carbocycles. The van der Waals surface area contributed by atoms with Crippen LogP contribution in [0, 0.1) is 23.0 Å². The van der Waals surface area contributed by atoms with Crippen molar-refractivity contribution in [1.29, 1.82) is 5.26 Å². The first-order valence-corrected chi connectivity index (χ1v) is 7.15. The molecule has 0 aliphatic heterocycles. The van der Waals surface area contributed by atoms with Crippen molar-refractivity contribution >= 4 is 29.3 Å². The van der Waals surface area contributed by atoms with Crippen LogP contribution in [0.3, 0.4) is 0 Å². The minimum absolute atomic E-state index is 0.247. The largest absolute Gasteiger partial charge is 0.324 e. The first kappa shape index (κ1) is 17.8. The summed E-state index contributed by atoms with van der Waals surface area (Å²) in [6, 6.07) is 10.2. The molecular formula is C18H13F2N3O2. The van der Waals surface area contributed by atoms with Gasteiger partial charge in [0.1, 0.15) is 11.6 Å². The number of carbonyl (C=O) groups excluding carboxylic acids is 2. The van der Waals surface area contributed by atoms with Crippen molar-refractivity contribution in [2.45, 2.75) is 6.92 Å². The molecule has 0 aromatic heterocycles. The van der Waals surface area contributed by atoms with Gasteiger partial charge in [0, 0.05) is 19.1 Å². The van der Waals surface area contributed by atoms with E-state index >= 15 is 0 Å². The number of rotatable bonds is 4. The number of hydrogen-bond donors (Lipinski definition) is 2. The fourth-order valence-electron chi connectivity index (χ4n) is 2.01. The van der Waals surface area contributed by atoms with Crippen LogP contribution in [0.2, 0.25) is 0 Å². The molecule has 0 bridgehead atoms. The molecule has 7 heteroatoms. The summed E-state index contributed by atoms with van der Waals surface area (Å²) in [5.74, 6) is -3.14. The summed E-state index contributed by atoms with van der Waals surface area (Å²) in [6.45, 7) is 1.18. The molecule has 126 valence electrons. The van der Waals surface area contributed by atoms with Crippen LogP contribution in [0.1, 0.15) is 18.1 Å². The van der Waals surface area contributed by atoms with Crippen molar-refractivity contribution in [2.24, 2.45) is 0 Å². The molecule has 0 fully saturated rings. The standard InChI is InChI=1S/C18H13F2N3O2/c1-11(24)22-16-9-17(15(20)8-14(16)19)23-18(25)7-6-12-4-2-3-5-13(12)10-21/h2-9H,1H3,(H,22,24)(H,23,25)/b7-6+. The van der Waals surface area contributed by atoms with E-state index in [-0.39, 0.29) is 11.4 Å². The van der Waals surface area contributed by atoms with Crippen molar-refractivity contribution in [3.8, 4) is 6.07 Å². The maximum Gasteiger partial charge on any atom is 0.248 e. The molecule has 2 aromatic rings. The maximum absolute atomic E-state index is 13.8. The molecule has 2 amide bonds. The van der Waals surface area contributed by atoms with E-state index in [2.05, 4.69) is 10.6 Å². The highest BCUT2D eigenvalue weighted by Crippen LogP contribution is 2.23. The van der Waals surface area contributed by atoms with E-state index in [0.717, 1.165) is 12.1 Å². The zero-order valence-electron chi connectivity index (χ0n) is 13.1. The molecule has 2 rings (SSSR count). The molecule has 0 unspecified atom stereocenters. The zero-order valence-corrected chi connectivity index (χ0v) is 13.1. The topological polar surface area (TPSA) is 82.0 Å². The smallest absolute Gasteiger partial charge is 0.248 e. The summed E-state index contributed by atoms with van der Waals surface area (Å²) >= 11 is 0. The van der Waals surface area contributed by atoms with Crippen LogP contribution >= 0.6 is 0 Å². The molecule has 25 heavy (non-hydrogen) atoms. The summed E-state index contributed by atoms with van der Waals surface area (Å²) < 4.78 is 27.3. The number of nitriles is 1. The second-order valence-corrected chi connectivity index (χ2v) is 5.01. The maximum atomic E-state index is 13.8. The summed E-state index contributed by atoms with van der Waals surface area (Å²) in [5.41, 5.74) is 0.377. The molecule has 0 saturated carbocycles. The van der Waals surface area contributed by atoms with Crippen LogP contribution in [-0.4, -0.2) is 11.8 Å². The summed E-state index contributed by atoms with van der Waals surface area (Å²) in [5, 5.41) is 13.4. The van der Waals surface area contributed by atoms with E-state index in [9.17, 15) is 18.4 Å².